The van der Waals surface area contributed by atoms with E-state index in [0.29, 0.717) is 0 Å². The van der Waals surface area contributed by atoms with E-state index in [1.54, 1.807) is 0 Å². The van der Waals surface area contributed by atoms with Gasteiger partial charge in [-0.15, -0.1) is 11.6 Å². The van der Waals surface area contributed by atoms with Crippen LogP contribution in [-0.2, 0) is 13.0 Å². The van der Waals surface area contributed by atoms with Crippen molar-refractivity contribution in [3.05, 3.63) is 29.0 Å². The Bertz CT molecular complexity index is 505. The number of benzene rings is 1. The highest BCUT2D eigenvalue weighted by Gasteiger charge is 2.09. The molecule has 1 aromatic carbocycles. The van der Waals surface area contributed by atoms with Gasteiger partial charge in [0.1, 0.15) is 5.82 Å². The number of fused-ring (bicyclic) bond motifs is 1. The lowest BCUT2D eigenvalue weighted by Crippen LogP contribution is -2.01. The molecule has 0 radical (unpaired) electrons. The second-order valence-corrected chi connectivity index (χ2v) is 4.87. The van der Waals surface area contributed by atoms with Crippen molar-refractivity contribution in [1.82, 2.24) is 9.55 Å². The predicted octanol–water partition coefficient (Wildman–Crippen LogP) is 4.27. The largest absolute Gasteiger partial charge is 0.328 e. The minimum absolute atomic E-state index is 0.720. The van der Waals surface area contributed by atoms with Gasteiger partial charge < -0.3 is 4.57 Å². The molecule has 1 aromatic heterocycles. The van der Waals surface area contributed by atoms with Gasteiger partial charge in [-0.05, 0) is 38.0 Å². The van der Waals surface area contributed by atoms with Crippen molar-refractivity contribution >= 4 is 34.2 Å². The maximum Gasteiger partial charge on any atom is 0.109 e. The van der Waals surface area contributed by atoms with Crippen molar-refractivity contribution in [2.75, 3.05) is 5.88 Å². The van der Waals surface area contributed by atoms with Crippen LogP contribution in [0.2, 0.25) is 5.02 Å². The Morgan fingerprint density at radius 1 is 1.29 bits per heavy atom. The van der Waals surface area contributed by atoms with Crippen LogP contribution in [0, 0.1) is 0 Å². The summed E-state index contributed by atoms with van der Waals surface area (Å²) in [5.74, 6) is 1.85. The number of hydrogen-bond acceptors (Lipinski definition) is 1. The second-order valence-electron chi connectivity index (χ2n) is 4.05. The summed E-state index contributed by atoms with van der Waals surface area (Å²) in [6.07, 6.45) is 3.10. The van der Waals surface area contributed by atoms with Gasteiger partial charge in [-0.3, -0.25) is 0 Å². The van der Waals surface area contributed by atoms with Crippen molar-refractivity contribution in [2.24, 2.45) is 0 Å². The van der Waals surface area contributed by atoms with Crippen LogP contribution in [0.25, 0.3) is 11.0 Å². The first-order chi connectivity index (χ1) is 8.26. The standard InChI is InChI=1S/C13H16Cl2N2/c1-2-17-12-9-10(15)6-7-11(12)16-13(17)5-3-4-8-14/h6-7,9H,2-5,8H2,1H3. The molecule has 92 valence electrons. The van der Waals surface area contributed by atoms with Crippen molar-refractivity contribution in [3.63, 3.8) is 0 Å². The Balaban J connectivity index is 2.35. The highest BCUT2D eigenvalue weighted by molar-refractivity contribution is 6.31. The quantitative estimate of drug-likeness (QED) is 0.586. The zero-order valence-electron chi connectivity index (χ0n) is 9.92. The first-order valence-electron chi connectivity index (χ1n) is 5.97. The predicted molar refractivity (Wildman–Crippen MR) is 74.1 cm³/mol. The number of unbranched alkanes of at least 4 members (excludes halogenated alkanes) is 1. The molecule has 2 aromatic rings. The highest BCUT2D eigenvalue weighted by Crippen LogP contribution is 2.21. The number of aromatic nitrogens is 2. The molecule has 0 fully saturated rings. The molecule has 0 bridgehead atoms. The number of imidazole rings is 1. The van der Waals surface area contributed by atoms with Gasteiger partial charge in [0.15, 0.2) is 0 Å². The third kappa shape index (κ3) is 2.75. The lowest BCUT2D eigenvalue weighted by atomic mass is 10.2. The van der Waals surface area contributed by atoms with Crippen molar-refractivity contribution in [1.29, 1.82) is 0 Å². The summed E-state index contributed by atoms with van der Waals surface area (Å²) < 4.78 is 2.23. The zero-order chi connectivity index (χ0) is 12.3. The SMILES string of the molecule is CCn1c(CCCCCl)nc2ccc(Cl)cc21. The smallest absolute Gasteiger partial charge is 0.109 e. The van der Waals surface area contributed by atoms with Gasteiger partial charge in [0.05, 0.1) is 11.0 Å². The summed E-state index contributed by atoms with van der Waals surface area (Å²) in [5, 5.41) is 0.763. The molecule has 2 nitrogen and oxygen atoms in total. The molecular weight excluding hydrogens is 255 g/mol. The molecule has 0 saturated carbocycles. The van der Waals surface area contributed by atoms with E-state index in [0.717, 1.165) is 53.6 Å². The Kier molecular flexibility index (Phi) is 4.30. The minimum atomic E-state index is 0.720. The van der Waals surface area contributed by atoms with Crippen molar-refractivity contribution in [2.45, 2.75) is 32.7 Å². The van der Waals surface area contributed by atoms with Gasteiger partial charge >= 0.3 is 0 Å². The Morgan fingerprint density at radius 3 is 2.82 bits per heavy atom. The summed E-state index contributed by atoms with van der Waals surface area (Å²) in [4.78, 5) is 4.66. The molecule has 0 atom stereocenters. The molecular formula is C13H16Cl2N2. The second kappa shape index (κ2) is 5.74. The van der Waals surface area contributed by atoms with Crippen LogP contribution >= 0.6 is 23.2 Å². The lowest BCUT2D eigenvalue weighted by Gasteiger charge is -2.05. The molecule has 4 heteroatoms. The lowest BCUT2D eigenvalue weighted by molar-refractivity contribution is 0.677. The van der Waals surface area contributed by atoms with Gasteiger partial charge in [0.25, 0.3) is 0 Å². The first-order valence-corrected chi connectivity index (χ1v) is 6.88. The third-order valence-electron chi connectivity index (χ3n) is 2.89. The summed E-state index contributed by atoms with van der Waals surface area (Å²) in [5.41, 5.74) is 2.15. The van der Waals surface area contributed by atoms with E-state index in [4.69, 9.17) is 23.2 Å². The molecule has 2 rings (SSSR count). The molecule has 0 saturated heterocycles. The topological polar surface area (TPSA) is 17.8 Å². The van der Waals surface area contributed by atoms with E-state index in [1.165, 1.54) is 0 Å². The molecule has 0 unspecified atom stereocenters. The van der Waals surface area contributed by atoms with E-state index in [2.05, 4.69) is 16.5 Å². The number of aryl methyl sites for hydroxylation is 2. The zero-order valence-corrected chi connectivity index (χ0v) is 11.4. The van der Waals surface area contributed by atoms with Crippen LogP contribution in [0.15, 0.2) is 18.2 Å². The third-order valence-corrected chi connectivity index (χ3v) is 3.39. The van der Waals surface area contributed by atoms with Crippen molar-refractivity contribution < 1.29 is 0 Å². The molecule has 0 aliphatic rings. The Labute approximate surface area is 112 Å². The number of halogens is 2. The molecule has 0 spiro atoms. The summed E-state index contributed by atoms with van der Waals surface area (Å²) in [7, 11) is 0. The summed E-state index contributed by atoms with van der Waals surface area (Å²) >= 11 is 11.7. The van der Waals surface area contributed by atoms with Crippen LogP contribution in [0.5, 0.6) is 0 Å². The van der Waals surface area contributed by atoms with E-state index < -0.39 is 0 Å². The fraction of sp³-hybridized carbons (Fsp3) is 0.462. The van der Waals surface area contributed by atoms with Crippen LogP contribution in [-0.4, -0.2) is 15.4 Å². The van der Waals surface area contributed by atoms with Gasteiger partial charge in [-0.2, -0.15) is 0 Å². The number of rotatable bonds is 5. The molecule has 17 heavy (non-hydrogen) atoms. The molecule has 0 aliphatic carbocycles. The number of alkyl halides is 1. The van der Waals surface area contributed by atoms with Crippen LogP contribution in [0.4, 0.5) is 0 Å². The molecule has 0 aliphatic heterocycles. The van der Waals surface area contributed by atoms with E-state index in [1.807, 2.05) is 18.2 Å². The van der Waals surface area contributed by atoms with Crippen LogP contribution in [0.3, 0.4) is 0 Å². The number of nitrogens with zero attached hydrogens (tertiary/aromatic N) is 2. The van der Waals surface area contributed by atoms with Crippen molar-refractivity contribution in [3.8, 4) is 0 Å². The maximum absolute atomic E-state index is 6.03. The minimum Gasteiger partial charge on any atom is -0.328 e. The Morgan fingerprint density at radius 2 is 2.12 bits per heavy atom. The summed E-state index contributed by atoms with van der Waals surface area (Å²) in [6, 6.07) is 5.85. The average molecular weight is 271 g/mol. The fourth-order valence-electron chi connectivity index (χ4n) is 2.07. The number of hydrogen-bond donors (Lipinski definition) is 0. The van der Waals surface area contributed by atoms with Gasteiger partial charge in [-0.1, -0.05) is 11.6 Å². The van der Waals surface area contributed by atoms with E-state index >= 15 is 0 Å². The van der Waals surface area contributed by atoms with Crippen LogP contribution < -0.4 is 0 Å². The van der Waals surface area contributed by atoms with Gasteiger partial charge in [0, 0.05) is 23.9 Å². The monoisotopic (exact) mass is 270 g/mol. The average Bonchev–Trinajstić information content (AvgIpc) is 2.66. The fourth-order valence-corrected chi connectivity index (χ4v) is 2.42. The first kappa shape index (κ1) is 12.7. The van der Waals surface area contributed by atoms with E-state index in [9.17, 15) is 0 Å². The Hall–Kier alpha value is -0.730. The normalized spacial score (nSPS) is 11.2. The molecule has 1 heterocycles. The highest BCUT2D eigenvalue weighted by atomic mass is 35.5. The van der Waals surface area contributed by atoms with E-state index in [-0.39, 0.29) is 0 Å². The summed E-state index contributed by atoms with van der Waals surface area (Å²) in [6.45, 7) is 3.06. The van der Waals surface area contributed by atoms with Gasteiger partial charge in [0.2, 0.25) is 0 Å². The maximum atomic E-state index is 6.03. The molecule has 0 amide bonds. The van der Waals surface area contributed by atoms with Gasteiger partial charge in [-0.25, -0.2) is 4.98 Å². The van der Waals surface area contributed by atoms with Crippen LogP contribution in [0.1, 0.15) is 25.6 Å². The molecule has 0 N–H and O–H groups in total.